The molecular formula is C20H21N3O3S. The van der Waals surface area contributed by atoms with E-state index in [1.54, 1.807) is 54.2 Å². The molecule has 3 rings (SSSR count). The first-order chi connectivity index (χ1) is 12.7. The summed E-state index contributed by atoms with van der Waals surface area (Å²) >= 11 is 0. The molecule has 1 unspecified atom stereocenters. The Balaban J connectivity index is 2.15. The van der Waals surface area contributed by atoms with E-state index in [1.165, 1.54) is 13.1 Å². The molecule has 0 amide bonds. The summed E-state index contributed by atoms with van der Waals surface area (Å²) in [6.45, 7) is 3.47. The fourth-order valence-corrected chi connectivity index (χ4v) is 4.12. The van der Waals surface area contributed by atoms with Crippen LogP contribution in [0.3, 0.4) is 0 Å². The number of rotatable bonds is 5. The van der Waals surface area contributed by atoms with Crippen LogP contribution in [-0.4, -0.2) is 23.8 Å². The summed E-state index contributed by atoms with van der Waals surface area (Å²) in [6.07, 6.45) is 3.03. The number of nitrogens with zero attached hydrogens (tertiary/aromatic N) is 2. The van der Waals surface area contributed by atoms with Crippen LogP contribution >= 0.6 is 0 Å². The average Bonchev–Trinajstić information content (AvgIpc) is 3.02. The van der Waals surface area contributed by atoms with Gasteiger partial charge in [-0.3, -0.25) is 9.78 Å². The zero-order valence-corrected chi connectivity index (χ0v) is 16.2. The quantitative estimate of drug-likeness (QED) is 0.685. The summed E-state index contributed by atoms with van der Waals surface area (Å²) in [5, 5.41) is 5.61. The molecule has 1 aromatic carbocycles. The van der Waals surface area contributed by atoms with Gasteiger partial charge in [-0.2, -0.15) is 0 Å². The highest BCUT2D eigenvalue weighted by atomic mass is 32.2. The van der Waals surface area contributed by atoms with E-state index in [0.717, 1.165) is 5.56 Å². The number of pyridine rings is 1. The van der Waals surface area contributed by atoms with Crippen molar-refractivity contribution in [1.29, 1.82) is 0 Å². The van der Waals surface area contributed by atoms with Gasteiger partial charge in [0.1, 0.15) is 4.75 Å². The first-order valence-electron chi connectivity index (χ1n) is 8.36. The molecule has 2 N–H and O–H groups in total. The van der Waals surface area contributed by atoms with Crippen LogP contribution in [0.5, 0.6) is 0 Å². The Morgan fingerprint density at radius 1 is 1.11 bits per heavy atom. The highest BCUT2D eigenvalue weighted by molar-refractivity contribution is 7.90. The third-order valence-corrected chi connectivity index (χ3v) is 6.52. The van der Waals surface area contributed by atoms with Gasteiger partial charge in [-0.1, -0.05) is 35.9 Å². The molecule has 0 saturated carbocycles. The molecule has 140 valence electrons. The van der Waals surface area contributed by atoms with Crippen LogP contribution < -0.4 is 5.14 Å². The average molecular weight is 383 g/mol. The van der Waals surface area contributed by atoms with Crippen molar-refractivity contribution >= 4 is 15.8 Å². The summed E-state index contributed by atoms with van der Waals surface area (Å²) in [7, 11) is -2.38. The standard InChI is InChI=1S/C20H21N3O3S/c1-14-6-8-15(9-7-14)19(24)17-10-11-18(23(17)3)20(2,27(21,25)26)16-5-4-12-22-13-16/h4-13H,1-3H3,(H2,21,25,26). The van der Waals surface area contributed by atoms with Crippen LogP contribution in [0, 0.1) is 6.92 Å². The van der Waals surface area contributed by atoms with E-state index in [-0.39, 0.29) is 5.78 Å². The Labute approximate surface area is 158 Å². The molecule has 6 nitrogen and oxygen atoms in total. The van der Waals surface area contributed by atoms with Crippen LogP contribution in [0.15, 0.2) is 60.9 Å². The van der Waals surface area contributed by atoms with Crippen LogP contribution in [0.2, 0.25) is 0 Å². The molecular weight excluding hydrogens is 362 g/mol. The minimum Gasteiger partial charge on any atom is -0.343 e. The number of aryl methyl sites for hydroxylation is 1. The van der Waals surface area contributed by atoms with Crippen LogP contribution in [0.25, 0.3) is 0 Å². The lowest BCUT2D eigenvalue weighted by atomic mass is 9.98. The van der Waals surface area contributed by atoms with Crippen LogP contribution in [0.1, 0.15) is 39.8 Å². The van der Waals surface area contributed by atoms with E-state index in [9.17, 15) is 13.2 Å². The lowest BCUT2D eigenvalue weighted by molar-refractivity contribution is 0.103. The minimum absolute atomic E-state index is 0.188. The molecule has 2 heterocycles. The van der Waals surface area contributed by atoms with Gasteiger partial charge in [0, 0.05) is 30.7 Å². The lowest BCUT2D eigenvalue weighted by Crippen LogP contribution is -2.41. The van der Waals surface area contributed by atoms with Gasteiger partial charge in [0.05, 0.1) is 5.69 Å². The van der Waals surface area contributed by atoms with Crippen LogP contribution in [-0.2, 0) is 21.8 Å². The van der Waals surface area contributed by atoms with E-state index >= 15 is 0 Å². The van der Waals surface area contributed by atoms with Gasteiger partial charge >= 0.3 is 0 Å². The summed E-state index contributed by atoms with van der Waals surface area (Å²) in [4.78, 5) is 16.9. The van der Waals surface area contributed by atoms with Gasteiger partial charge in [-0.15, -0.1) is 0 Å². The van der Waals surface area contributed by atoms with Gasteiger partial charge < -0.3 is 4.57 Å². The number of hydrogen-bond acceptors (Lipinski definition) is 4. The fraction of sp³-hybridized carbons (Fsp3) is 0.200. The maximum Gasteiger partial charge on any atom is 0.224 e. The van der Waals surface area contributed by atoms with Crippen molar-refractivity contribution < 1.29 is 13.2 Å². The third kappa shape index (κ3) is 3.20. The number of hydrogen-bond donors (Lipinski definition) is 1. The fourth-order valence-electron chi connectivity index (χ4n) is 3.17. The van der Waals surface area contributed by atoms with E-state index in [4.69, 9.17) is 5.14 Å². The van der Waals surface area contributed by atoms with E-state index in [1.807, 2.05) is 19.1 Å². The lowest BCUT2D eigenvalue weighted by Gasteiger charge is -2.28. The van der Waals surface area contributed by atoms with Crippen molar-refractivity contribution in [2.45, 2.75) is 18.6 Å². The molecule has 0 aliphatic rings. The number of sulfonamides is 1. The number of carbonyl (C=O) groups is 1. The second-order valence-corrected chi connectivity index (χ2v) is 8.58. The maximum atomic E-state index is 12.9. The van der Waals surface area contributed by atoms with Gasteiger partial charge in [0.15, 0.2) is 0 Å². The van der Waals surface area contributed by atoms with Crippen molar-refractivity contribution in [2.75, 3.05) is 0 Å². The third-order valence-electron chi connectivity index (χ3n) is 4.94. The Bertz CT molecular complexity index is 1090. The SMILES string of the molecule is Cc1ccc(C(=O)c2ccc(C(C)(c3cccnc3)S(N)(=O)=O)n2C)cc1. The summed E-state index contributed by atoms with van der Waals surface area (Å²) in [5.74, 6) is -0.188. The molecule has 7 heteroatoms. The molecule has 2 aromatic heterocycles. The smallest absolute Gasteiger partial charge is 0.224 e. The molecule has 0 bridgehead atoms. The molecule has 0 aliphatic heterocycles. The summed E-state index contributed by atoms with van der Waals surface area (Å²) in [6, 6.07) is 13.8. The molecule has 0 aliphatic carbocycles. The molecule has 1 atom stereocenters. The Morgan fingerprint density at radius 2 is 1.78 bits per heavy atom. The normalized spacial score (nSPS) is 13.9. The number of ketones is 1. The van der Waals surface area contributed by atoms with E-state index in [0.29, 0.717) is 22.5 Å². The minimum atomic E-state index is -4.05. The number of primary sulfonamides is 1. The number of benzene rings is 1. The van der Waals surface area contributed by atoms with Crippen molar-refractivity contribution in [2.24, 2.45) is 12.2 Å². The number of carbonyl (C=O) groups excluding carboxylic acids is 1. The van der Waals surface area contributed by atoms with Crippen molar-refractivity contribution in [1.82, 2.24) is 9.55 Å². The molecule has 0 radical (unpaired) electrons. The second kappa shape index (κ2) is 6.75. The number of aromatic nitrogens is 2. The Kier molecular flexibility index (Phi) is 4.75. The molecule has 27 heavy (non-hydrogen) atoms. The highest BCUT2D eigenvalue weighted by Crippen LogP contribution is 2.36. The second-order valence-electron chi connectivity index (χ2n) is 6.68. The predicted molar refractivity (Wildman–Crippen MR) is 104 cm³/mol. The summed E-state index contributed by atoms with van der Waals surface area (Å²) in [5.41, 5.74) is 2.80. The van der Waals surface area contributed by atoms with Gasteiger partial charge in [-0.05, 0) is 37.6 Å². The molecule has 0 saturated heterocycles. The van der Waals surface area contributed by atoms with Gasteiger partial charge in [0.25, 0.3) is 0 Å². The van der Waals surface area contributed by atoms with Crippen LogP contribution in [0.4, 0.5) is 0 Å². The zero-order chi connectivity index (χ0) is 19.8. The van der Waals surface area contributed by atoms with Crippen molar-refractivity contribution in [3.8, 4) is 0 Å². The summed E-state index contributed by atoms with van der Waals surface area (Å²) < 4.78 is 25.1. The van der Waals surface area contributed by atoms with Crippen molar-refractivity contribution in [3.63, 3.8) is 0 Å². The maximum absolute atomic E-state index is 12.9. The van der Waals surface area contributed by atoms with E-state index < -0.39 is 14.8 Å². The van der Waals surface area contributed by atoms with Crippen molar-refractivity contribution in [3.05, 3.63) is 89.0 Å². The first-order valence-corrected chi connectivity index (χ1v) is 9.91. The van der Waals surface area contributed by atoms with Gasteiger partial charge in [0.2, 0.25) is 15.8 Å². The monoisotopic (exact) mass is 383 g/mol. The predicted octanol–water partition coefficient (Wildman–Crippen LogP) is 2.51. The van der Waals surface area contributed by atoms with E-state index in [2.05, 4.69) is 4.98 Å². The first kappa shape index (κ1) is 19.0. The zero-order valence-electron chi connectivity index (χ0n) is 15.4. The van der Waals surface area contributed by atoms with Gasteiger partial charge in [-0.25, -0.2) is 13.6 Å². The molecule has 3 aromatic rings. The number of nitrogens with two attached hydrogens (primary N) is 1. The largest absolute Gasteiger partial charge is 0.343 e. The molecule has 0 spiro atoms. The Hall–Kier alpha value is -2.77. The highest BCUT2D eigenvalue weighted by Gasteiger charge is 2.43. The molecule has 0 fully saturated rings. The Morgan fingerprint density at radius 3 is 2.33 bits per heavy atom. The topological polar surface area (TPSA) is 95.1 Å².